The van der Waals surface area contributed by atoms with Crippen LogP contribution in [0.1, 0.15) is 31.8 Å². The van der Waals surface area contributed by atoms with Gasteiger partial charge in [0.05, 0.1) is 27.5 Å². The van der Waals surface area contributed by atoms with E-state index in [0.717, 1.165) is 5.56 Å². The summed E-state index contributed by atoms with van der Waals surface area (Å²) < 4.78 is 15.9. The largest absolute Gasteiger partial charge is 0.493 e. The van der Waals surface area contributed by atoms with E-state index < -0.39 is 5.91 Å². The van der Waals surface area contributed by atoms with Gasteiger partial charge < -0.3 is 19.5 Å². The van der Waals surface area contributed by atoms with E-state index in [-0.39, 0.29) is 5.91 Å². The lowest BCUT2D eigenvalue weighted by Crippen LogP contribution is -2.18. The van der Waals surface area contributed by atoms with E-state index in [1.54, 1.807) is 48.5 Å². The molecule has 0 saturated heterocycles. The minimum absolute atomic E-state index is 0.220. The van der Waals surface area contributed by atoms with E-state index in [9.17, 15) is 9.59 Å². The summed E-state index contributed by atoms with van der Waals surface area (Å²) in [7, 11) is 4.56. The van der Waals surface area contributed by atoms with Gasteiger partial charge in [0.15, 0.2) is 11.5 Å². The molecule has 8 nitrogen and oxygen atoms in total. The third-order valence-electron chi connectivity index (χ3n) is 4.79. The molecule has 8 heteroatoms. The summed E-state index contributed by atoms with van der Waals surface area (Å²) in [6.45, 7) is 1.96. The first-order chi connectivity index (χ1) is 15.9. The van der Waals surface area contributed by atoms with Crippen molar-refractivity contribution in [3.8, 4) is 17.2 Å². The zero-order valence-electron chi connectivity index (χ0n) is 18.8. The van der Waals surface area contributed by atoms with E-state index in [2.05, 4.69) is 15.8 Å². The lowest BCUT2D eigenvalue weighted by molar-refractivity contribution is 0.0954. The minimum atomic E-state index is -0.393. The summed E-state index contributed by atoms with van der Waals surface area (Å²) in [5.41, 5.74) is 5.74. The molecule has 3 aromatic rings. The Morgan fingerprint density at radius 1 is 0.788 bits per heavy atom. The topological polar surface area (TPSA) is 98.2 Å². The van der Waals surface area contributed by atoms with Gasteiger partial charge in [0.2, 0.25) is 5.75 Å². The zero-order chi connectivity index (χ0) is 23.8. The van der Waals surface area contributed by atoms with E-state index in [4.69, 9.17) is 14.2 Å². The quantitative estimate of drug-likeness (QED) is 0.401. The predicted octanol–water partition coefficient (Wildman–Crippen LogP) is 4.04. The highest BCUT2D eigenvalue weighted by molar-refractivity contribution is 6.04. The molecule has 0 unspecified atom stereocenters. The van der Waals surface area contributed by atoms with Crippen LogP contribution in [0.4, 0.5) is 5.69 Å². The fourth-order valence-electron chi connectivity index (χ4n) is 3.02. The molecule has 0 aliphatic rings. The Morgan fingerprint density at radius 3 is 1.88 bits per heavy atom. The lowest BCUT2D eigenvalue weighted by atomic mass is 10.1. The molecule has 0 saturated carbocycles. The number of carbonyl (C=O) groups is 2. The summed E-state index contributed by atoms with van der Waals surface area (Å²) in [6.07, 6.45) is 1.47. The third-order valence-corrected chi connectivity index (χ3v) is 4.79. The van der Waals surface area contributed by atoms with Gasteiger partial charge in [-0.25, -0.2) is 5.43 Å². The zero-order valence-corrected chi connectivity index (χ0v) is 18.8. The first-order valence-electron chi connectivity index (χ1n) is 10.1. The monoisotopic (exact) mass is 447 g/mol. The van der Waals surface area contributed by atoms with Crippen molar-refractivity contribution < 1.29 is 23.8 Å². The molecule has 33 heavy (non-hydrogen) atoms. The lowest BCUT2D eigenvalue weighted by Gasteiger charge is -2.12. The normalized spacial score (nSPS) is 10.5. The van der Waals surface area contributed by atoms with Gasteiger partial charge in [-0.05, 0) is 55.5 Å². The first-order valence-corrected chi connectivity index (χ1v) is 10.1. The van der Waals surface area contributed by atoms with Crippen molar-refractivity contribution in [3.05, 3.63) is 82.9 Å². The highest BCUT2D eigenvalue weighted by Gasteiger charge is 2.12. The van der Waals surface area contributed by atoms with Crippen molar-refractivity contribution in [2.75, 3.05) is 26.6 Å². The van der Waals surface area contributed by atoms with Crippen LogP contribution >= 0.6 is 0 Å². The summed E-state index contributed by atoms with van der Waals surface area (Å²) in [5.74, 6) is 0.814. The average molecular weight is 447 g/mol. The molecule has 0 radical (unpaired) electrons. The fourth-order valence-corrected chi connectivity index (χ4v) is 3.02. The molecule has 2 N–H and O–H groups in total. The van der Waals surface area contributed by atoms with E-state index in [1.165, 1.54) is 27.5 Å². The van der Waals surface area contributed by atoms with Crippen molar-refractivity contribution in [2.24, 2.45) is 5.10 Å². The maximum absolute atomic E-state index is 12.4. The summed E-state index contributed by atoms with van der Waals surface area (Å²) in [5, 5.41) is 6.80. The number of methoxy groups -OCH3 is 3. The van der Waals surface area contributed by atoms with Crippen LogP contribution in [0.3, 0.4) is 0 Å². The number of benzene rings is 3. The molecule has 0 fully saturated rings. The molecule has 0 spiro atoms. The molecule has 3 rings (SSSR count). The van der Waals surface area contributed by atoms with E-state index >= 15 is 0 Å². The average Bonchev–Trinajstić information content (AvgIpc) is 2.84. The molecule has 170 valence electrons. The van der Waals surface area contributed by atoms with Crippen molar-refractivity contribution in [2.45, 2.75) is 6.92 Å². The molecule has 0 heterocycles. The number of ether oxygens (including phenoxy) is 3. The van der Waals surface area contributed by atoms with Crippen LogP contribution in [-0.4, -0.2) is 39.4 Å². The Kier molecular flexibility index (Phi) is 7.64. The summed E-state index contributed by atoms with van der Waals surface area (Å²) in [6, 6.07) is 17.2. The van der Waals surface area contributed by atoms with Crippen molar-refractivity contribution in [1.82, 2.24) is 5.43 Å². The maximum atomic E-state index is 12.4. The highest BCUT2D eigenvalue weighted by atomic mass is 16.5. The van der Waals surface area contributed by atoms with Gasteiger partial charge in [-0.15, -0.1) is 0 Å². The molecule has 0 aromatic heterocycles. The van der Waals surface area contributed by atoms with E-state index in [1.807, 2.05) is 19.1 Å². The predicted molar refractivity (Wildman–Crippen MR) is 127 cm³/mol. The maximum Gasteiger partial charge on any atom is 0.271 e. The smallest absolute Gasteiger partial charge is 0.271 e. The molecule has 0 bridgehead atoms. The SMILES string of the molecule is COc1cc(/C=N/NC(=O)c2ccc(NC(=O)c3ccc(C)cc3)cc2)cc(OC)c1OC. The van der Waals surface area contributed by atoms with Gasteiger partial charge in [-0.2, -0.15) is 5.10 Å². The number of carbonyl (C=O) groups excluding carboxylic acids is 2. The number of rotatable bonds is 8. The van der Waals surface area contributed by atoms with Crippen LogP contribution in [0.15, 0.2) is 65.8 Å². The Hall–Kier alpha value is -4.33. The Bertz CT molecular complexity index is 1130. The minimum Gasteiger partial charge on any atom is -0.493 e. The number of anilines is 1. The van der Waals surface area contributed by atoms with Crippen LogP contribution in [-0.2, 0) is 0 Å². The number of nitrogens with zero attached hydrogens (tertiary/aromatic N) is 1. The Morgan fingerprint density at radius 2 is 1.33 bits per heavy atom. The molecule has 2 amide bonds. The van der Waals surface area contributed by atoms with Crippen LogP contribution in [0.2, 0.25) is 0 Å². The number of hydrazone groups is 1. The standard InChI is InChI=1S/C25H25N3O5/c1-16-5-7-18(8-6-16)24(29)27-20-11-9-19(10-12-20)25(30)28-26-15-17-13-21(31-2)23(33-4)22(14-17)32-3/h5-15H,1-4H3,(H,27,29)(H,28,30)/b26-15+. The molecular weight excluding hydrogens is 422 g/mol. The summed E-state index contributed by atoms with van der Waals surface area (Å²) >= 11 is 0. The van der Waals surface area contributed by atoms with Crippen molar-refractivity contribution in [1.29, 1.82) is 0 Å². The van der Waals surface area contributed by atoms with Crippen LogP contribution in [0.25, 0.3) is 0 Å². The van der Waals surface area contributed by atoms with Gasteiger partial charge in [0.1, 0.15) is 0 Å². The second-order valence-electron chi connectivity index (χ2n) is 7.06. The van der Waals surface area contributed by atoms with Crippen LogP contribution in [0, 0.1) is 6.92 Å². The van der Waals surface area contributed by atoms with Crippen LogP contribution < -0.4 is 25.0 Å². The number of nitrogens with one attached hydrogen (secondary N) is 2. The van der Waals surface area contributed by atoms with E-state index in [0.29, 0.717) is 39.6 Å². The molecular formula is C25H25N3O5. The molecule has 0 aliphatic heterocycles. The third kappa shape index (κ3) is 5.88. The van der Waals surface area contributed by atoms with Gasteiger partial charge in [-0.3, -0.25) is 9.59 Å². The van der Waals surface area contributed by atoms with Gasteiger partial charge in [0, 0.05) is 22.4 Å². The van der Waals surface area contributed by atoms with Gasteiger partial charge in [0.25, 0.3) is 11.8 Å². The second-order valence-corrected chi connectivity index (χ2v) is 7.06. The number of aryl methyl sites for hydroxylation is 1. The first kappa shape index (κ1) is 23.3. The number of hydrogen-bond acceptors (Lipinski definition) is 6. The molecule has 3 aromatic carbocycles. The van der Waals surface area contributed by atoms with Crippen molar-refractivity contribution >= 4 is 23.7 Å². The molecule has 0 aliphatic carbocycles. The van der Waals surface area contributed by atoms with Gasteiger partial charge in [-0.1, -0.05) is 17.7 Å². The Labute approximate surface area is 192 Å². The number of hydrogen-bond donors (Lipinski definition) is 2. The summed E-state index contributed by atoms with van der Waals surface area (Å²) in [4.78, 5) is 24.7. The second kappa shape index (κ2) is 10.8. The highest BCUT2D eigenvalue weighted by Crippen LogP contribution is 2.37. The van der Waals surface area contributed by atoms with Crippen molar-refractivity contribution in [3.63, 3.8) is 0 Å². The Balaban J connectivity index is 1.62. The number of amides is 2. The van der Waals surface area contributed by atoms with Gasteiger partial charge >= 0.3 is 0 Å². The molecule has 0 atom stereocenters. The van der Waals surface area contributed by atoms with Crippen LogP contribution in [0.5, 0.6) is 17.2 Å². The fraction of sp³-hybridized carbons (Fsp3) is 0.160.